The van der Waals surface area contributed by atoms with Gasteiger partial charge >= 0.3 is 21.1 Å². The SMILES string of the molecule is CC(C)(C)[PH+](/C=C\[N-]/C=C\[PH+](C(C)(C)C)C(C)(C)C)C(C)(C)C.[N-].[Pt+2]. The number of hydrogen-bond donors (Lipinski definition) is 0. The Balaban J connectivity index is -0.00000242. The summed E-state index contributed by atoms with van der Waals surface area (Å²) in [5, 5.41) is 6.00. The van der Waals surface area contributed by atoms with Crippen LogP contribution in [0.3, 0.4) is 0 Å². The van der Waals surface area contributed by atoms with Crippen molar-refractivity contribution in [3.63, 3.8) is 0 Å². The van der Waals surface area contributed by atoms with Crippen molar-refractivity contribution in [2.24, 2.45) is 0 Å². The standard InChI is InChI=1S/C20H40NP2.N.Pt/c1-17(2,3)22(18(4,5)6)15-13-21-14-16-23(19(7,8)9)20(10,11)12;;/h13-16H,1-12H3;;/q2*-1;+2/p+2/b15-13-,16-14-;;. The summed E-state index contributed by atoms with van der Waals surface area (Å²) in [4.78, 5) is 0. The van der Waals surface area contributed by atoms with Gasteiger partial charge in [0.2, 0.25) is 0 Å². The predicted molar refractivity (Wildman–Crippen MR) is 121 cm³/mol. The monoisotopic (exact) mass is 567 g/mol. The second kappa shape index (κ2) is 11.0. The minimum absolute atomic E-state index is 0. The van der Waals surface area contributed by atoms with Crippen molar-refractivity contribution in [1.29, 1.82) is 0 Å². The van der Waals surface area contributed by atoms with Gasteiger partial charge in [-0.25, -0.2) is 0 Å². The first kappa shape index (κ1) is 30.5. The van der Waals surface area contributed by atoms with Gasteiger partial charge in [0.25, 0.3) is 0 Å². The van der Waals surface area contributed by atoms with Crippen LogP contribution in [0.2, 0.25) is 0 Å². The van der Waals surface area contributed by atoms with Crippen LogP contribution >= 0.6 is 15.8 Å². The fourth-order valence-electron chi connectivity index (χ4n) is 3.53. The van der Waals surface area contributed by atoms with E-state index < -0.39 is 15.8 Å². The van der Waals surface area contributed by atoms with E-state index in [4.69, 9.17) is 0 Å². The number of hydrogen-bond acceptors (Lipinski definition) is 0. The molecule has 25 heavy (non-hydrogen) atoms. The molecule has 2 nitrogen and oxygen atoms in total. The first-order chi connectivity index (χ1) is 9.97. The van der Waals surface area contributed by atoms with Gasteiger partial charge in [0.05, 0.1) is 20.6 Å². The van der Waals surface area contributed by atoms with E-state index in [9.17, 15) is 0 Å². The van der Waals surface area contributed by atoms with Crippen LogP contribution in [-0.2, 0) is 21.1 Å². The third-order valence-electron chi connectivity index (χ3n) is 3.89. The number of nitrogens with zero attached hydrogens (tertiary/aromatic N) is 2. The van der Waals surface area contributed by atoms with Crippen LogP contribution in [0.15, 0.2) is 24.0 Å². The van der Waals surface area contributed by atoms with Crippen molar-refractivity contribution in [3.8, 4) is 0 Å². The van der Waals surface area contributed by atoms with Crippen LogP contribution in [0.4, 0.5) is 0 Å². The summed E-state index contributed by atoms with van der Waals surface area (Å²) in [5.74, 6) is 4.77. The zero-order chi connectivity index (χ0) is 18.7. The largest absolute Gasteiger partial charge is 2.00 e. The molecule has 0 aromatic heterocycles. The van der Waals surface area contributed by atoms with Crippen molar-refractivity contribution >= 4 is 15.8 Å². The third kappa shape index (κ3) is 12.0. The second-order valence-electron chi connectivity index (χ2n) is 10.6. The molecule has 0 saturated heterocycles. The molecule has 5 heteroatoms. The maximum atomic E-state index is 4.59. The number of rotatable bonds is 4. The van der Waals surface area contributed by atoms with E-state index in [-0.39, 0.29) is 27.2 Å². The van der Waals surface area contributed by atoms with Gasteiger partial charge in [0, 0.05) is 27.5 Å². The molecule has 0 aliphatic carbocycles. The van der Waals surface area contributed by atoms with Crippen molar-refractivity contribution in [3.05, 3.63) is 35.5 Å². The van der Waals surface area contributed by atoms with E-state index in [1.54, 1.807) is 0 Å². The molecule has 0 N–H and O–H groups in total. The van der Waals surface area contributed by atoms with Crippen molar-refractivity contribution in [1.82, 2.24) is 0 Å². The van der Waals surface area contributed by atoms with E-state index >= 15 is 0 Å². The molecular weight excluding hydrogens is 525 g/mol. The van der Waals surface area contributed by atoms with Crippen molar-refractivity contribution < 1.29 is 21.1 Å². The predicted octanol–water partition coefficient (Wildman–Crippen LogP) is 8.21. The normalized spacial score (nSPS) is 14.2. The Morgan fingerprint density at radius 1 is 0.520 bits per heavy atom. The molecule has 0 aliphatic rings. The molecular formula is C20H42N2P2Pt+2. The Bertz CT molecular complexity index is 351. The molecule has 0 atom stereocenters. The van der Waals surface area contributed by atoms with Gasteiger partial charge in [0.1, 0.15) is 0 Å². The minimum atomic E-state index is -0.632. The van der Waals surface area contributed by atoms with Crippen LogP contribution in [-0.4, -0.2) is 20.6 Å². The maximum Gasteiger partial charge on any atom is 2.00 e. The molecule has 0 aromatic rings. The van der Waals surface area contributed by atoms with Gasteiger partial charge in [0.15, 0.2) is 0 Å². The van der Waals surface area contributed by atoms with E-state index in [2.05, 4.69) is 100 Å². The summed E-state index contributed by atoms with van der Waals surface area (Å²) in [6.45, 7) is 28.3. The summed E-state index contributed by atoms with van der Waals surface area (Å²) in [6.07, 6.45) is 4.10. The summed E-state index contributed by atoms with van der Waals surface area (Å²) >= 11 is 0. The van der Waals surface area contributed by atoms with Crippen LogP contribution in [0.1, 0.15) is 83.1 Å². The van der Waals surface area contributed by atoms with E-state index in [0.717, 1.165) is 0 Å². The molecule has 0 unspecified atom stereocenters. The first-order valence-corrected chi connectivity index (χ1v) is 11.9. The van der Waals surface area contributed by atoms with Gasteiger partial charge in [-0.1, -0.05) is 0 Å². The fraction of sp³-hybridized carbons (Fsp3) is 0.800. The zero-order valence-corrected chi connectivity index (χ0v) is 22.8. The summed E-state index contributed by atoms with van der Waals surface area (Å²) < 4.78 is 0. The average Bonchev–Trinajstić information content (AvgIpc) is 2.19. The Kier molecular flexibility index (Phi) is 13.4. The fourth-order valence-corrected chi connectivity index (χ4v) is 10.5. The maximum absolute atomic E-state index is 4.59. The molecule has 0 aromatic carbocycles. The smallest absolute Gasteiger partial charge is 1.00 e. The second-order valence-corrected chi connectivity index (χ2v) is 18.9. The van der Waals surface area contributed by atoms with Crippen LogP contribution in [0.5, 0.6) is 0 Å². The molecule has 2 radical (unpaired) electrons. The van der Waals surface area contributed by atoms with Crippen LogP contribution < -0.4 is 0 Å². The van der Waals surface area contributed by atoms with Gasteiger partial charge in [-0.2, -0.15) is 0 Å². The topological polar surface area (TPSA) is 44.6 Å². The Hall–Kier alpha value is 0.788. The Morgan fingerprint density at radius 2 is 0.720 bits per heavy atom. The first-order valence-electron chi connectivity index (χ1n) is 8.76. The molecule has 0 rings (SSSR count). The zero-order valence-electron chi connectivity index (χ0n) is 18.5. The molecule has 0 heterocycles. The third-order valence-corrected chi connectivity index (χ3v) is 11.3. The Labute approximate surface area is 175 Å². The Morgan fingerprint density at radius 3 is 0.880 bits per heavy atom. The molecule has 0 spiro atoms. The van der Waals surface area contributed by atoms with Gasteiger partial charge in [-0.15, -0.1) is 12.4 Å². The van der Waals surface area contributed by atoms with E-state index in [0.29, 0.717) is 20.6 Å². The minimum Gasteiger partial charge on any atom is -1.00 e. The van der Waals surface area contributed by atoms with E-state index in [1.807, 2.05) is 12.4 Å². The van der Waals surface area contributed by atoms with Crippen molar-refractivity contribution in [2.45, 2.75) is 104 Å². The molecule has 0 fully saturated rings. The van der Waals surface area contributed by atoms with Crippen LogP contribution in [0, 0.1) is 0 Å². The molecule has 150 valence electrons. The molecule has 0 amide bonds. The summed E-state index contributed by atoms with van der Waals surface area (Å²) in [5.41, 5.74) is 0. The summed E-state index contributed by atoms with van der Waals surface area (Å²) in [7, 11) is -1.26. The molecule has 0 bridgehead atoms. The summed E-state index contributed by atoms with van der Waals surface area (Å²) in [6, 6.07) is 0. The average molecular weight is 568 g/mol. The van der Waals surface area contributed by atoms with Gasteiger partial charge in [-0.3, -0.25) is 0 Å². The van der Waals surface area contributed by atoms with Gasteiger partial charge < -0.3 is 11.5 Å². The van der Waals surface area contributed by atoms with Crippen LogP contribution in [0.25, 0.3) is 11.5 Å². The van der Waals surface area contributed by atoms with Crippen molar-refractivity contribution in [2.75, 3.05) is 0 Å². The van der Waals surface area contributed by atoms with Gasteiger partial charge in [-0.05, 0) is 83.1 Å². The van der Waals surface area contributed by atoms with E-state index in [1.165, 1.54) is 0 Å². The quantitative estimate of drug-likeness (QED) is 0.308. The molecule has 0 saturated carbocycles. The molecule has 0 aliphatic heterocycles.